The molecule has 0 aromatic heterocycles. The van der Waals surface area contributed by atoms with Crippen LogP contribution in [0.2, 0.25) is 0 Å². The highest BCUT2D eigenvalue weighted by molar-refractivity contribution is 5.37. The Morgan fingerprint density at radius 2 is 2.38 bits per heavy atom. The van der Waals surface area contributed by atoms with Crippen LogP contribution in [0.3, 0.4) is 0 Å². The second kappa shape index (κ2) is 3.34. The number of hydrogen-bond acceptors (Lipinski definition) is 2. The fourth-order valence-electron chi connectivity index (χ4n) is 1.64. The van der Waals surface area contributed by atoms with Gasteiger partial charge in [0.1, 0.15) is 17.7 Å². The number of benzene rings is 1. The smallest absolute Gasteiger partial charge is 0.123 e. The topological polar surface area (TPSA) is 35.2 Å². The standard InChI is InChI=1S/C10H12FNO/c11-8-1-2-10-7(5-8)6-9(13-10)3-4-12/h1-2,5,9H,3-4,6,12H2. The minimum Gasteiger partial charge on any atom is -0.490 e. The maximum Gasteiger partial charge on any atom is 0.123 e. The Hall–Kier alpha value is -1.09. The Kier molecular flexibility index (Phi) is 2.19. The van der Waals surface area contributed by atoms with E-state index in [2.05, 4.69) is 0 Å². The van der Waals surface area contributed by atoms with Gasteiger partial charge in [-0.1, -0.05) is 0 Å². The van der Waals surface area contributed by atoms with Crippen molar-refractivity contribution in [1.29, 1.82) is 0 Å². The lowest BCUT2D eigenvalue weighted by Crippen LogP contribution is -2.17. The molecule has 2 nitrogen and oxygen atoms in total. The third-order valence-corrected chi connectivity index (χ3v) is 2.25. The Bertz CT molecular complexity index is 314. The van der Waals surface area contributed by atoms with E-state index in [-0.39, 0.29) is 11.9 Å². The van der Waals surface area contributed by atoms with Gasteiger partial charge < -0.3 is 10.5 Å². The summed E-state index contributed by atoms with van der Waals surface area (Å²) in [4.78, 5) is 0. The summed E-state index contributed by atoms with van der Waals surface area (Å²) in [5.74, 6) is 0.607. The monoisotopic (exact) mass is 181 g/mol. The lowest BCUT2D eigenvalue weighted by Gasteiger charge is -2.07. The molecule has 1 aliphatic rings. The van der Waals surface area contributed by atoms with Crippen molar-refractivity contribution in [2.24, 2.45) is 5.73 Å². The normalized spacial score (nSPS) is 19.7. The summed E-state index contributed by atoms with van der Waals surface area (Å²) in [6.07, 6.45) is 1.75. The molecule has 3 heteroatoms. The first-order valence-corrected chi connectivity index (χ1v) is 4.45. The second-order valence-corrected chi connectivity index (χ2v) is 3.27. The number of ether oxygens (including phenoxy) is 1. The largest absolute Gasteiger partial charge is 0.490 e. The summed E-state index contributed by atoms with van der Waals surface area (Å²) >= 11 is 0. The molecular formula is C10H12FNO. The molecule has 0 amide bonds. The van der Waals surface area contributed by atoms with Crippen LogP contribution in [0.15, 0.2) is 18.2 Å². The molecule has 70 valence electrons. The summed E-state index contributed by atoms with van der Waals surface area (Å²) in [7, 11) is 0. The van der Waals surface area contributed by atoms with Crippen molar-refractivity contribution in [3.8, 4) is 5.75 Å². The van der Waals surface area contributed by atoms with Gasteiger partial charge in [-0.25, -0.2) is 4.39 Å². The summed E-state index contributed by atoms with van der Waals surface area (Å²) in [5, 5.41) is 0. The summed E-state index contributed by atoms with van der Waals surface area (Å²) < 4.78 is 18.4. The van der Waals surface area contributed by atoms with E-state index in [0.29, 0.717) is 6.54 Å². The van der Waals surface area contributed by atoms with Crippen molar-refractivity contribution in [2.75, 3.05) is 6.54 Å². The molecule has 0 fully saturated rings. The predicted octanol–water partition coefficient (Wildman–Crippen LogP) is 1.48. The second-order valence-electron chi connectivity index (χ2n) is 3.27. The van der Waals surface area contributed by atoms with Gasteiger partial charge >= 0.3 is 0 Å². The highest BCUT2D eigenvalue weighted by Crippen LogP contribution is 2.30. The fourth-order valence-corrected chi connectivity index (χ4v) is 1.64. The molecule has 1 aromatic carbocycles. The van der Waals surface area contributed by atoms with Crippen LogP contribution in [-0.4, -0.2) is 12.6 Å². The molecule has 0 aliphatic carbocycles. The van der Waals surface area contributed by atoms with Crippen LogP contribution in [0.4, 0.5) is 4.39 Å². The van der Waals surface area contributed by atoms with E-state index in [9.17, 15) is 4.39 Å². The average Bonchev–Trinajstić information content (AvgIpc) is 2.46. The molecule has 0 spiro atoms. The molecule has 13 heavy (non-hydrogen) atoms. The lowest BCUT2D eigenvalue weighted by atomic mass is 10.1. The van der Waals surface area contributed by atoms with E-state index in [1.54, 1.807) is 6.07 Å². The first kappa shape index (κ1) is 8.51. The van der Waals surface area contributed by atoms with Crippen molar-refractivity contribution in [2.45, 2.75) is 18.9 Å². The quantitative estimate of drug-likeness (QED) is 0.750. The highest BCUT2D eigenvalue weighted by atomic mass is 19.1. The van der Waals surface area contributed by atoms with E-state index in [4.69, 9.17) is 10.5 Å². The van der Waals surface area contributed by atoms with Crippen LogP contribution < -0.4 is 10.5 Å². The van der Waals surface area contributed by atoms with Crippen LogP contribution in [0.25, 0.3) is 0 Å². The molecule has 0 saturated heterocycles. The Morgan fingerprint density at radius 3 is 3.15 bits per heavy atom. The van der Waals surface area contributed by atoms with Crippen LogP contribution in [0.1, 0.15) is 12.0 Å². The van der Waals surface area contributed by atoms with Gasteiger partial charge in [0.25, 0.3) is 0 Å². The van der Waals surface area contributed by atoms with Crippen molar-refractivity contribution >= 4 is 0 Å². The molecule has 1 heterocycles. The Labute approximate surface area is 76.5 Å². The zero-order chi connectivity index (χ0) is 9.26. The Morgan fingerprint density at radius 1 is 1.54 bits per heavy atom. The van der Waals surface area contributed by atoms with Gasteiger partial charge in [0.15, 0.2) is 0 Å². The van der Waals surface area contributed by atoms with E-state index in [1.807, 2.05) is 0 Å². The van der Waals surface area contributed by atoms with E-state index >= 15 is 0 Å². The first-order valence-electron chi connectivity index (χ1n) is 4.45. The van der Waals surface area contributed by atoms with Crippen LogP contribution in [0.5, 0.6) is 5.75 Å². The number of fused-ring (bicyclic) bond motifs is 1. The fraction of sp³-hybridized carbons (Fsp3) is 0.400. The highest BCUT2D eigenvalue weighted by Gasteiger charge is 2.22. The van der Waals surface area contributed by atoms with Gasteiger partial charge in [-0.3, -0.25) is 0 Å². The summed E-state index contributed by atoms with van der Waals surface area (Å²) in [6, 6.07) is 4.64. The average molecular weight is 181 g/mol. The Balaban J connectivity index is 2.16. The maximum absolute atomic E-state index is 12.8. The third-order valence-electron chi connectivity index (χ3n) is 2.25. The van der Waals surface area contributed by atoms with E-state index in [0.717, 1.165) is 24.2 Å². The summed E-state index contributed by atoms with van der Waals surface area (Å²) in [6.45, 7) is 0.612. The zero-order valence-electron chi connectivity index (χ0n) is 7.29. The predicted molar refractivity (Wildman–Crippen MR) is 48.2 cm³/mol. The third kappa shape index (κ3) is 1.65. The van der Waals surface area contributed by atoms with Gasteiger partial charge in [-0.15, -0.1) is 0 Å². The van der Waals surface area contributed by atoms with E-state index < -0.39 is 0 Å². The van der Waals surface area contributed by atoms with Gasteiger partial charge in [-0.2, -0.15) is 0 Å². The minimum atomic E-state index is -0.198. The molecule has 2 N–H and O–H groups in total. The van der Waals surface area contributed by atoms with Gasteiger partial charge in [0.05, 0.1) is 0 Å². The SMILES string of the molecule is NCCC1Cc2cc(F)ccc2O1. The maximum atomic E-state index is 12.8. The molecule has 1 aliphatic heterocycles. The van der Waals surface area contributed by atoms with Crippen LogP contribution in [-0.2, 0) is 6.42 Å². The molecule has 1 aromatic rings. The molecule has 0 saturated carbocycles. The van der Waals surface area contributed by atoms with E-state index in [1.165, 1.54) is 12.1 Å². The molecule has 0 radical (unpaired) electrons. The van der Waals surface area contributed by atoms with Crippen molar-refractivity contribution in [1.82, 2.24) is 0 Å². The van der Waals surface area contributed by atoms with Gasteiger partial charge in [-0.05, 0) is 31.2 Å². The number of nitrogens with two attached hydrogens (primary N) is 1. The number of halogens is 1. The molecular weight excluding hydrogens is 169 g/mol. The van der Waals surface area contributed by atoms with Crippen molar-refractivity contribution in [3.63, 3.8) is 0 Å². The molecule has 0 bridgehead atoms. The lowest BCUT2D eigenvalue weighted by molar-refractivity contribution is 0.224. The first-order chi connectivity index (χ1) is 6.29. The molecule has 1 atom stereocenters. The minimum absolute atomic E-state index is 0.141. The van der Waals surface area contributed by atoms with Crippen molar-refractivity contribution < 1.29 is 9.13 Å². The summed E-state index contributed by atoms with van der Waals surface area (Å²) in [5.41, 5.74) is 6.38. The number of rotatable bonds is 2. The van der Waals surface area contributed by atoms with Gasteiger partial charge in [0.2, 0.25) is 0 Å². The van der Waals surface area contributed by atoms with Crippen molar-refractivity contribution in [3.05, 3.63) is 29.6 Å². The van der Waals surface area contributed by atoms with Crippen LogP contribution in [0, 0.1) is 5.82 Å². The number of hydrogen-bond donors (Lipinski definition) is 1. The molecule has 1 unspecified atom stereocenters. The van der Waals surface area contributed by atoms with Gasteiger partial charge in [0, 0.05) is 12.0 Å². The van der Waals surface area contributed by atoms with Crippen LogP contribution >= 0.6 is 0 Å². The molecule has 2 rings (SSSR count). The zero-order valence-corrected chi connectivity index (χ0v) is 7.29.